The van der Waals surface area contributed by atoms with Crippen molar-refractivity contribution >= 4 is 5.91 Å². The van der Waals surface area contributed by atoms with Gasteiger partial charge in [0.05, 0.1) is 18.4 Å². The number of amides is 1. The van der Waals surface area contributed by atoms with Crippen LogP contribution in [0.3, 0.4) is 0 Å². The molecule has 0 radical (unpaired) electrons. The van der Waals surface area contributed by atoms with Crippen LogP contribution in [0.15, 0.2) is 48.7 Å². The van der Waals surface area contributed by atoms with Gasteiger partial charge in [0, 0.05) is 23.3 Å². The molecule has 0 fully saturated rings. The fourth-order valence-corrected chi connectivity index (χ4v) is 2.85. The number of alkyl halides is 3. The maximum Gasteiger partial charge on any atom is 0.418 e. The molecule has 1 unspecified atom stereocenters. The van der Waals surface area contributed by atoms with Crippen molar-refractivity contribution < 1.29 is 40.6 Å². The van der Waals surface area contributed by atoms with E-state index in [0.29, 0.717) is 18.3 Å². The smallest absolute Gasteiger partial charge is 0.379 e. The van der Waals surface area contributed by atoms with Gasteiger partial charge in [0.15, 0.2) is 6.10 Å². The van der Waals surface area contributed by atoms with Gasteiger partial charge in [0.25, 0.3) is 5.91 Å². The van der Waals surface area contributed by atoms with Gasteiger partial charge in [-0.1, -0.05) is 0 Å². The number of nitrogens with one attached hydrogen (secondary N) is 1. The van der Waals surface area contributed by atoms with Crippen LogP contribution in [-0.4, -0.2) is 22.2 Å². The van der Waals surface area contributed by atoms with Gasteiger partial charge in [-0.05, 0) is 41.5 Å². The molecule has 1 amide bonds. The summed E-state index contributed by atoms with van der Waals surface area (Å²) in [5.41, 5.74) is -2.08. The second kappa shape index (κ2) is 8.95. The van der Waals surface area contributed by atoms with Crippen molar-refractivity contribution in [3.05, 3.63) is 88.8 Å². The van der Waals surface area contributed by atoms with E-state index in [1.54, 1.807) is 0 Å². The summed E-state index contributed by atoms with van der Waals surface area (Å²) in [6.45, 7) is -0.531. The summed E-state index contributed by atoms with van der Waals surface area (Å²) < 4.78 is 93.1. The third kappa shape index (κ3) is 5.22. The van der Waals surface area contributed by atoms with Crippen LogP contribution in [0.2, 0.25) is 0 Å². The van der Waals surface area contributed by atoms with Crippen LogP contribution in [0.25, 0.3) is 11.1 Å². The number of aliphatic hydroxyl groups excluding tert-OH is 1. The number of aromatic nitrogens is 1. The van der Waals surface area contributed by atoms with Crippen LogP contribution in [0.1, 0.15) is 27.7 Å². The first-order chi connectivity index (χ1) is 15.0. The summed E-state index contributed by atoms with van der Waals surface area (Å²) in [5, 5.41) is 11.8. The highest BCUT2D eigenvalue weighted by Crippen LogP contribution is 2.35. The Morgan fingerprint density at radius 3 is 2.28 bits per heavy atom. The van der Waals surface area contributed by atoms with E-state index < -0.39 is 59.1 Å². The Hall–Kier alpha value is -3.47. The molecule has 1 heterocycles. The predicted molar refractivity (Wildman–Crippen MR) is 98.1 cm³/mol. The molecule has 1 atom stereocenters. The van der Waals surface area contributed by atoms with Gasteiger partial charge in [-0.2, -0.15) is 13.2 Å². The summed E-state index contributed by atoms with van der Waals surface area (Å²) in [4.78, 5) is 16.0. The number of halogens is 7. The zero-order chi connectivity index (χ0) is 23.6. The number of rotatable bonds is 5. The largest absolute Gasteiger partial charge is 0.418 e. The van der Waals surface area contributed by atoms with Crippen molar-refractivity contribution in [2.75, 3.05) is 0 Å². The molecule has 1 aromatic heterocycles. The van der Waals surface area contributed by atoms with E-state index in [1.807, 2.05) is 0 Å². The van der Waals surface area contributed by atoms with E-state index >= 15 is 0 Å². The molecule has 3 aromatic rings. The van der Waals surface area contributed by atoms with Gasteiger partial charge in [-0.15, -0.1) is 0 Å². The molecule has 0 saturated heterocycles. The van der Waals surface area contributed by atoms with Gasteiger partial charge >= 0.3 is 6.18 Å². The maximum absolute atomic E-state index is 14.2. The lowest BCUT2D eigenvalue weighted by atomic mass is 9.96. The number of hydrogen-bond donors (Lipinski definition) is 2. The molecule has 32 heavy (non-hydrogen) atoms. The number of aliphatic hydroxyl groups is 1. The van der Waals surface area contributed by atoms with Gasteiger partial charge < -0.3 is 10.4 Å². The second-order valence-electron chi connectivity index (χ2n) is 6.68. The number of pyridine rings is 1. The molecule has 0 bridgehead atoms. The van der Waals surface area contributed by atoms with Crippen LogP contribution in [0, 0.1) is 23.3 Å². The zero-order valence-electron chi connectivity index (χ0n) is 15.9. The molecule has 0 saturated carbocycles. The van der Waals surface area contributed by atoms with Crippen molar-refractivity contribution in [3.63, 3.8) is 0 Å². The number of nitrogens with zero attached hydrogens (tertiary/aromatic N) is 1. The first-order valence-electron chi connectivity index (χ1n) is 8.89. The SMILES string of the molecule is O=C(NCc1ncc(F)cc1F)c1cc(-c2ccc(F)cc2F)cc(C(O)C(F)(F)F)c1. The Balaban J connectivity index is 1.98. The van der Waals surface area contributed by atoms with Crippen molar-refractivity contribution in [2.24, 2.45) is 0 Å². The van der Waals surface area contributed by atoms with Crippen LogP contribution in [-0.2, 0) is 6.54 Å². The van der Waals surface area contributed by atoms with E-state index in [2.05, 4.69) is 10.3 Å². The molecular formula is C21H13F7N2O2. The van der Waals surface area contributed by atoms with Crippen LogP contribution < -0.4 is 5.32 Å². The lowest BCUT2D eigenvalue weighted by Crippen LogP contribution is -2.25. The van der Waals surface area contributed by atoms with E-state index in [0.717, 1.165) is 30.3 Å². The minimum Gasteiger partial charge on any atom is -0.379 e. The summed E-state index contributed by atoms with van der Waals surface area (Å²) in [6.07, 6.45) is -7.37. The first-order valence-corrected chi connectivity index (χ1v) is 8.89. The Morgan fingerprint density at radius 2 is 1.66 bits per heavy atom. The molecule has 0 aliphatic heterocycles. The number of carbonyl (C=O) groups excluding carboxylic acids is 1. The van der Waals surface area contributed by atoms with Crippen molar-refractivity contribution in [1.82, 2.24) is 10.3 Å². The van der Waals surface area contributed by atoms with E-state index in [9.17, 15) is 40.6 Å². The maximum atomic E-state index is 14.2. The Bertz CT molecular complexity index is 1170. The normalized spacial score (nSPS) is 12.5. The fraction of sp³-hybridized carbons (Fsp3) is 0.143. The number of carbonyl (C=O) groups is 1. The minimum absolute atomic E-state index is 0.237. The Labute approximate surface area is 176 Å². The van der Waals surface area contributed by atoms with Crippen LogP contribution >= 0.6 is 0 Å². The van der Waals surface area contributed by atoms with E-state index in [4.69, 9.17) is 0 Å². The average Bonchev–Trinajstić information content (AvgIpc) is 2.71. The van der Waals surface area contributed by atoms with Crippen molar-refractivity contribution in [1.29, 1.82) is 0 Å². The zero-order valence-corrected chi connectivity index (χ0v) is 15.9. The molecule has 2 N–H and O–H groups in total. The average molecular weight is 458 g/mol. The quantitative estimate of drug-likeness (QED) is 0.539. The third-order valence-corrected chi connectivity index (χ3v) is 4.39. The highest BCUT2D eigenvalue weighted by Gasteiger charge is 2.39. The molecule has 11 heteroatoms. The van der Waals surface area contributed by atoms with Gasteiger partial charge in [0.1, 0.15) is 23.3 Å². The summed E-state index contributed by atoms with van der Waals surface area (Å²) in [7, 11) is 0. The monoisotopic (exact) mass is 458 g/mol. The molecule has 4 nitrogen and oxygen atoms in total. The second-order valence-corrected chi connectivity index (χ2v) is 6.68. The minimum atomic E-state index is -5.09. The molecule has 0 spiro atoms. The number of hydrogen-bond acceptors (Lipinski definition) is 3. The fourth-order valence-electron chi connectivity index (χ4n) is 2.85. The Kier molecular flexibility index (Phi) is 6.49. The van der Waals surface area contributed by atoms with Gasteiger partial charge in [0.2, 0.25) is 0 Å². The molecule has 0 aliphatic carbocycles. The molecule has 3 rings (SSSR count). The van der Waals surface area contributed by atoms with E-state index in [-0.39, 0.29) is 16.8 Å². The third-order valence-electron chi connectivity index (χ3n) is 4.39. The highest BCUT2D eigenvalue weighted by atomic mass is 19.4. The summed E-state index contributed by atoms with van der Waals surface area (Å²) >= 11 is 0. The van der Waals surface area contributed by atoms with Crippen molar-refractivity contribution in [2.45, 2.75) is 18.8 Å². The summed E-state index contributed by atoms with van der Waals surface area (Å²) in [6, 6.07) is 5.43. The summed E-state index contributed by atoms with van der Waals surface area (Å²) in [5.74, 6) is -5.04. The standard InChI is InChI=1S/C21H13F7N2O2/c22-13-1-2-15(16(24)6-13)10-3-11(19(31)21(26,27)28)5-12(4-10)20(32)30-9-18-17(25)7-14(23)8-29-18/h1-8,19,31H,9H2,(H,30,32). The first kappa shape index (κ1) is 23.2. The molecule has 2 aromatic carbocycles. The predicted octanol–water partition coefficient (Wildman–Crippen LogP) is 4.83. The van der Waals surface area contributed by atoms with Gasteiger partial charge in [-0.3, -0.25) is 9.78 Å². The lowest BCUT2D eigenvalue weighted by molar-refractivity contribution is -0.206. The molecule has 168 valence electrons. The topological polar surface area (TPSA) is 62.2 Å². The van der Waals surface area contributed by atoms with Gasteiger partial charge in [-0.25, -0.2) is 17.6 Å². The number of benzene rings is 2. The van der Waals surface area contributed by atoms with Crippen molar-refractivity contribution in [3.8, 4) is 11.1 Å². The van der Waals surface area contributed by atoms with Crippen LogP contribution in [0.5, 0.6) is 0 Å². The molecular weight excluding hydrogens is 445 g/mol. The van der Waals surface area contributed by atoms with E-state index in [1.165, 1.54) is 0 Å². The van der Waals surface area contributed by atoms with Crippen LogP contribution in [0.4, 0.5) is 30.7 Å². The Morgan fingerprint density at radius 1 is 0.969 bits per heavy atom. The lowest BCUT2D eigenvalue weighted by Gasteiger charge is -2.17. The highest BCUT2D eigenvalue weighted by molar-refractivity contribution is 5.95. The molecule has 0 aliphatic rings.